The first-order chi connectivity index (χ1) is 15.0. The molecule has 1 aromatic carbocycles. The van der Waals surface area contributed by atoms with Crippen molar-refractivity contribution in [2.75, 3.05) is 18.5 Å². The number of aromatic nitrogens is 4. The number of aryl methyl sites for hydroxylation is 2. The molecule has 0 unspecified atom stereocenters. The second-order valence-electron chi connectivity index (χ2n) is 8.17. The fourth-order valence-corrected chi connectivity index (χ4v) is 4.42. The van der Waals surface area contributed by atoms with E-state index < -0.39 is 11.1 Å². The second-order valence-corrected chi connectivity index (χ2v) is 8.17. The van der Waals surface area contributed by atoms with E-state index in [1.165, 1.54) is 4.57 Å². The van der Waals surface area contributed by atoms with Gasteiger partial charge in [-0.1, -0.05) is 19.3 Å². The van der Waals surface area contributed by atoms with Crippen LogP contribution in [0.1, 0.15) is 43.7 Å². The van der Waals surface area contributed by atoms with Crippen molar-refractivity contribution in [3.05, 3.63) is 44.6 Å². The molecule has 2 aromatic heterocycles. The molecule has 0 spiro atoms. The maximum Gasteiger partial charge on any atom is 0.318 e. The molecule has 5 rings (SSSR count). The molecule has 2 aliphatic rings. The molecular weight excluding hydrogens is 398 g/mol. The summed E-state index contributed by atoms with van der Waals surface area (Å²) in [5.41, 5.74) is 1.69. The zero-order valence-corrected chi connectivity index (χ0v) is 17.7. The Kier molecular flexibility index (Phi) is 4.88. The largest absolute Gasteiger partial charge is 0.486 e. The molecule has 0 saturated heterocycles. The standard InChI is InChI=1S/C22H25N5O4/c1-13-10-17-18(31-9-8-30-17)11-15(13)24-22-23-12-16-19(25-22)27(14-6-4-3-5-7-14)21(29)20(28)26(16)2/h10-12,14H,3-9H2,1-2H3,(H,23,24,25). The van der Waals surface area contributed by atoms with Crippen molar-refractivity contribution >= 4 is 22.8 Å². The van der Waals surface area contributed by atoms with Crippen LogP contribution >= 0.6 is 0 Å². The van der Waals surface area contributed by atoms with Crippen LogP contribution < -0.4 is 25.9 Å². The van der Waals surface area contributed by atoms with Crippen LogP contribution in [0.3, 0.4) is 0 Å². The van der Waals surface area contributed by atoms with Crippen LogP contribution in [0.25, 0.3) is 11.2 Å². The third-order valence-corrected chi connectivity index (χ3v) is 6.12. The third kappa shape index (κ3) is 3.43. The molecule has 3 aromatic rings. The van der Waals surface area contributed by atoms with Crippen LogP contribution in [0, 0.1) is 6.92 Å². The fraction of sp³-hybridized carbons (Fsp3) is 0.455. The van der Waals surface area contributed by atoms with Gasteiger partial charge >= 0.3 is 11.1 Å². The molecule has 0 radical (unpaired) electrons. The van der Waals surface area contributed by atoms with E-state index >= 15 is 0 Å². The van der Waals surface area contributed by atoms with Gasteiger partial charge in [0.1, 0.15) is 18.7 Å². The maximum absolute atomic E-state index is 12.9. The average molecular weight is 423 g/mol. The minimum atomic E-state index is -0.551. The Morgan fingerprint density at radius 3 is 2.48 bits per heavy atom. The Morgan fingerprint density at radius 1 is 1.03 bits per heavy atom. The molecule has 31 heavy (non-hydrogen) atoms. The molecule has 0 amide bonds. The second kappa shape index (κ2) is 7.72. The van der Waals surface area contributed by atoms with Gasteiger partial charge in [-0.2, -0.15) is 4.98 Å². The van der Waals surface area contributed by atoms with Gasteiger partial charge in [0, 0.05) is 24.8 Å². The highest BCUT2D eigenvalue weighted by molar-refractivity contribution is 5.73. The van der Waals surface area contributed by atoms with Gasteiger partial charge in [-0.05, 0) is 31.4 Å². The summed E-state index contributed by atoms with van der Waals surface area (Å²) in [5, 5.41) is 3.24. The number of ether oxygens (including phenoxy) is 2. The van der Waals surface area contributed by atoms with Crippen LogP contribution in [0.4, 0.5) is 11.6 Å². The summed E-state index contributed by atoms with van der Waals surface area (Å²) in [7, 11) is 1.58. The van der Waals surface area contributed by atoms with Crippen LogP contribution in [0.2, 0.25) is 0 Å². The van der Waals surface area contributed by atoms with Crippen LogP contribution in [-0.4, -0.2) is 32.3 Å². The predicted octanol–water partition coefficient (Wildman–Crippen LogP) is 2.82. The number of anilines is 2. The van der Waals surface area contributed by atoms with Crippen molar-refractivity contribution in [1.29, 1.82) is 0 Å². The maximum atomic E-state index is 12.9. The Morgan fingerprint density at radius 2 is 1.74 bits per heavy atom. The van der Waals surface area contributed by atoms with Crippen LogP contribution in [0.5, 0.6) is 11.5 Å². The van der Waals surface area contributed by atoms with Gasteiger partial charge in [0.2, 0.25) is 5.95 Å². The van der Waals surface area contributed by atoms with Crippen molar-refractivity contribution in [2.45, 2.75) is 45.1 Å². The Balaban J connectivity index is 1.61. The van der Waals surface area contributed by atoms with E-state index in [4.69, 9.17) is 9.47 Å². The lowest BCUT2D eigenvalue weighted by molar-refractivity contribution is 0.171. The van der Waals surface area contributed by atoms with Gasteiger partial charge < -0.3 is 19.4 Å². The zero-order chi connectivity index (χ0) is 21.5. The van der Waals surface area contributed by atoms with Crippen LogP contribution in [0.15, 0.2) is 27.9 Å². The summed E-state index contributed by atoms with van der Waals surface area (Å²) in [6.45, 7) is 3.00. The van der Waals surface area contributed by atoms with E-state index in [1.807, 2.05) is 19.1 Å². The van der Waals surface area contributed by atoms with Gasteiger partial charge in [-0.3, -0.25) is 14.2 Å². The summed E-state index contributed by atoms with van der Waals surface area (Å²) < 4.78 is 14.2. The minimum Gasteiger partial charge on any atom is -0.486 e. The molecule has 3 heterocycles. The van der Waals surface area contributed by atoms with Crippen LogP contribution in [-0.2, 0) is 7.05 Å². The lowest BCUT2D eigenvalue weighted by Gasteiger charge is -2.25. The van der Waals surface area contributed by atoms with Crippen molar-refractivity contribution in [3.8, 4) is 11.5 Å². The molecule has 0 atom stereocenters. The molecule has 1 saturated carbocycles. The summed E-state index contributed by atoms with van der Waals surface area (Å²) in [6, 6.07) is 3.77. The number of hydrogen-bond acceptors (Lipinski definition) is 7. The molecular formula is C22H25N5O4. The summed E-state index contributed by atoms with van der Waals surface area (Å²) in [4.78, 5) is 34.5. The number of fused-ring (bicyclic) bond motifs is 2. The van der Waals surface area contributed by atoms with E-state index in [0.717, 1.165) is 49.1 Å². The number of benzene rings is 1. The SMILES string of the molecule is Cc1cc2c(cc1Nc1ncc3c(n1)n(C1CCCCC1)c(=O)c(=O)n3C)OCCO2. The van der Waals surface area contributed by atoms with Gasteiger partial charge in [-0.25, -0.2) is 4.98 Å². The highest BCUT2D eigenvalue weighted by Gasteiger charge is 2.23. The van der Waals surface area contributed by atoms with Crippen molar-refractivity contribution in [3.63, 3.8) is 0 Å². The van der Waals surface area contributed by atoms with E-state index in [0.29, 0.717) is 36.1 Å². The molecule has 162 valence electrons. The molecule has 1 N–H and O–H groups in total. The third-order valence-electron chi connectivity index (χ3n) is 6.12. The normalized spacial score (nSPS) is 16.5. The van der Waals surface area contributed by atoms with E-state index in [9.17, 15) is 9.59 Å². The number of nitrogens with zero attached hydrogens (tertiary/aromatic N) is 4. The molecule has 0 bridgehead atoms. The fourth-order valence-electron chi connectivity index (χ4n) is 4.42. The lowest BCUT2D eigenvalue weighted by Crippen LogP contribution is -2.42. The molecule has 9 nitrogen and oxygen atoms in total. The minimum absolute atomic E-state index is 0.0172. The highest BCUT2D eigenvalue weighted by atomic mass is 16.6. The lowest BCUT2D eigenvalue weighted by atomic mass is 9.95. The summed E-state index contributed by atoms with van der Waals surface area (Å²) >= 11 is 0. The van der Waals surface area contributed by atoms with Crippen molar-refractivity contribution < 1.29 is 9.47 Å². The van der Waals surface area contributed by atoms with Crippen molar-refractivity contribution in [2.24, 2.45) is 7.05 Å². The predicted molar refractivity (Wildman–Crippen MR) is 117 cm³/mol. The van der Waals surface area contributed by atoms with E-state index in [1.54, 1.807) is 17.8 Å². The summed E-state index contributed by atoms with van der Waals surface area (Å²) in [6.07, 6.45) is 6.57. The molecule has 1 aliphatic heterocycles. The quantitative estimate of drug-likeness (QED) is 0.647. The Hall–Kier alpha value is -3.36. The van der Waals surface area contributed by atoms with E-state index in [-0.39, 0.29) is 6.04 Å². The van der Waals surface area contributed by atoms with Gasteiger partial charge in [0.05, 0.1) is 6.20 Å². The topological polar surface area (TPSA) is 100 Å². The molecule has 9 heteroatoms. The Bertz CT molecular complexity index is 1270. The smallest absolute Gasteiger partial charge is 0.318 e. The first-order valence-electron chi connectivity index (χ1n) is 10.7. The van der Waals surface area contributed by atoms with Gasteiger partial charge in [-0.15, -0.1) is 0 Å². The molecule has 1 aliphatic carbocycles. The highest BCUT2D eigenvalue weighted by Crippen LogP contribution is 2.36. The van der Waals surface area contributed by atoms with Gasteiger partial charge in [0.15, 0.2) is 17.1 Å². The van der Waals surface area contributed by atoms with Crippen molar-refractivity contribution in [1.82, 2.24) is 19.1 Å². The first-order valence-corrected chi connectivity index (χ1v) is 10.7. The first kappa shape index (κ1) is 19.6. The average Bonchev–Trinajstić information content (AvgIpc) is 2.79. The number of hydrogen-bond donors (Lipinski definition) is 1. The summed E-state index contributed by atoms with van der Waals surface area (Å²) in [5.74, 6) is 1.74. The zero-order valence-electron chi connectivity index (χ0n) is 17.7. The monoisotopic (exact) mass is 423 g/mol. The molecule has 1 fully saturated rings. The number of nitrogens with one attached hydrogen (secondary N) is 1. The number of rotatable bonds is 3. The Labute approximate surface area is 178 Å². The van der Waals surface area contributed by atoms with Gasteiger partial charge in [0.25, 0.3) is 0 Å². The van der Waals surface area contributed by atoms with E-state index in [2.05, 4.69) is 15.3 Å².